The van der Waals surface area contributed by atoms with Crippen LogP contribution in [0, 0.1) is 5.41 Å². The van der Waals surface area contributed by atoms with Crippen LogP contribution < -0.4 is 10.6 Å². The molecule has 4 heteroatoms. The molecular weight excluding hydrogens is 262 g/mol. The van der Waals surface area contributed by atoms with Crippen molar-refractivity contribution >= 4 is 17.3 Å². The Morgan fingerprint density at radius 1 is 1.33 bits per heavy atom. The van der Waals surface area contributed by atoms with Crippen LogP contribution in [-0.2, 0) is 0 Å². The van der Waals surface area contributed by atoms with Crippen molar-refractivity contribution in [3.63, 3.8) is 0 Å². The smallest absolute Gasteiger partial charge is 0.253 e. The first kappa shape index (κ1) is 15.7. The molecule has 0 aromatic heterocycles. The van der Waals surface area contributed by atoms with E-state index in [1.165, 1.54) is 0 Å². The molecule has 1 fully saturated rings. The lowest BCUT2D eigenvalue weighted by atomic mass is 9.82. The average Bonchev–Trinajstić information content (AvgIpc) is 2.91. The van der Waals surface area contributed by atoms with Crippen molar-refractivity contribution in [1.82, 2.24) is 4.90 Å². The zero-order valence-corrected chi connectivity index (χ0v) is 13.6. The van der Waals surface area contributed by atoms with Crippen LogP contribution in [0.2, 0.25) is 0 Å². The van der Waals surface area contributed by atoms with Gasteiger partial charge in [-0.25, -0.2) is 0 Å². The lowest BCUT2D eigenvalue weighted by Gasteiger charge is -2.26. The fraction of sp³-hybridized carbons (Fsp3) is 0.588. The monoisotopic (exact) mass is 289 g/mol. The molecule has 1 amide bonds. The Balaban J connectivity index is 2.16. The zero-order chi connectivity index (χ0) is 15.6. The summed E-state index contributed by atoms with van der Waals surface area (Å²) in [7, 11) is 3.90. The number of nitrogens with zero attached hydrogens (tertiary/aromatic N) is 2. The number of nitrogens with two attached hydrogens (primary N) is 1. The summed E-state index contributed by atoms with van der Waals surface area (Å²) in [5.41, 5.74) is 8.66. The van der Waals surface area contributed by atoms with Gasteiger partial charge in [0.05, 0.1) is 11.4 Å². The molecule has 1 aliphatic heterocycles. The topological polar surface area (TPSA) is 49.6 Å². The fourth-order valence-corrected chi connectivity index (χ4v) is 3.21. The highest BCUT2D eigenvalue weighted by Gasteiger charge is 2.37. The van der Waals surface area contributed by atoms with Gasteiger partial charge in [0.15, 0.2) is 0 Å². The Bertz CT molecular complexity index is 521. The van der Waals surface area contributed by atoms with Gasteiger partial charge in [0.2, 0.25) is 0 Å². The molecule has 1 saturated heterocycles. The molecule has 0 spiro atoms. The van der Waals surface area contributed by atoms with Gasteiger partial charge in [0, 0.05) is 32.7 Å². The van der Waals surface area contributed by atoms with E-state index in [0.29, 0.717) is 16.7 Å². The third-order valence-electron chi connectivity index (χ3n) is 4.98. The predicted octanol–water partition coefficient (Wildman–Crippen LogP) is 2.99. The number of carbonyl (C=O) groups is 1. The van der Waals surface area contributed by atoms with Crippen LogP contribution >= 0.6 is 0 Å². The van der Waals surface area contributed by atoms with Gasteiger partial charge in [-0.05, 0) is 42.9 Å². The molecule has 0 aliphatic carbocycles. The Labute approximate surface area is 127 Å². The second kappa shape index (κ2) is 5.96. The number of carbonyl (C=O) groups excluding carboxylic acids is 1. The highest BCUT2D eigenvalue weighted by Crippen LogP contribution is 2.37. The second-order valence-electron chi connectivity index (χ2n) is 6.35. The molecule has 21 heavy (non-hydrogen) atoms. The van der Waals surface area contributed by atoms with Crippen LogP contribution in [0.5, 0.6) is 0 Å². The van der Waals surface area contributed by atoms with Gasteiger partial charge in [-0.1, -0.05) is 13.8 Å². The maximum absolute atomic E-state index is 12.7. The molecule has 4 nitrogen and oxygen atoms in total. The van der Waals surface area contributed by atoms with E-state index < -0.39 is 0 Å². The zero-order valence-electron chi connectivity index (χ0n) is 13.6. The van der Waals surface area contributed by atoms with Crippen molar-refractivity contribution in [2.75, 3.05) is 37.8 Å². The number of anilines is 2. The van der Waals surface area contributed by atoms with Crippen LogP contribution in [0.4, 0.5) is 11.4 Å². The number of amides is 1. The number of likely N-dealkylation sites (tertiary alicyclic amines) is 1. The number of rotatable bonds is 4. The van der Waals surface area contributed by atoms with Gasteiger partial charge >= 0.3 is 0 Å². The van der Waals surface area contributed by atoms with E-state index >= 15 is 0 Å². The summed E-state index contributed by atoms with van der Waals surface area (Å²) in [6.45, 7) is 6.17. The first-order valence-corrected chi connectivity index (χ1v) is 7.78. The normalized spacial score (nSPS) is 17.0. The van der Waals surface area contributed by atoms with E-state index in [-0.39, 0.29) is 5.91 Å². The van der Waals surface area contributed by atoms with Gasteiger partial charge in [0.1, 0.15) is 0 Å². The third kappa shape index (κ3) is 2.99. The first-order valence-electron chi connectivity index (χ1n) is 7.78. The molecule has 0 radical (unpaired) electrons. The number of nitrogen functional groups attached to an aromatic ring is 1. The molecule has 1 aliphatic rings. The molecule has 2 N–H and O–H groups in total. The van der Waals surface area contributed by atoms with E-state index in [2.05, 4.69) is 13.8 Å². The minimum absolute atomic E-state index is 0.107. The van der Waals surface area contributed by atoms with Crippen molar-refractivity contribution in [3.8, 4) is 0 Å². The average molecular weight is 289 g/mol. The SMILES string of the molecule is CCC1(CC)CCN(C(=O)c2ccc(N(C)C)c(N)c2)C1. The van der Waals surface area contributed by atoms with E-state index in [9.17, 15) is 4.79 Å². The molecule has 0 saturated carbocycles. The van der Waals surface area contributed by atoms with Crippen LogP contribution in [0.15, 0.2) is 18.2 Å². The summed E-state index contributed by atoms with van der Waals surface area (Å²) in [6.07, 6.45) is 3.38. The van der Waals surface area contributed by atoms with Crippen molar-refractivity contribution in [2.24, 2.45) is 5.41 Å². The van der Waals surface area contributed by atoms with Crippen LogP contribution in [0.3, 0.4) is 0 Å². The molecular formula is C17H27N3O. The fourth-order valence-electron chi connectivity index (χ4n) is 3.21. The minimum atomic E-state index is 0.107. The Kier molecular flexibility index (Phi) is 4.45. The third-order valence-corrected chi connectivity index (χ3v) is 4.98. The molecule has 2 rings (SSSR count). The molecule has 0 unspecified atom stereocenters. The quantitative estimate of drug-likeness (QED) is 0.867. The molecule has 0 atom stereocenters. The lowest BCUT2D eigenvalue weighted by Crippen LogP contribution is -2.31. The molecule has 1 aromatic carbocycles. The van der Waals surface area contributed by atoms with Crippen LogP contribution in [0.1, 0.15) is 43.5 Å². The maximum Gasteiger partial charge on any atom is 0.253 e. The second-order valence-corrected chi connectivity index (χ2v) is 6.35. The minimum Gasteiger partial charge on any atom is -0.397 e. The van der Waals surface area contributed by atoms with Crippen molar-refractivity contribution in [2.45, 2.75) is 33.1 Å². The van der Waals surface area contributed by atoms with Gasteiger partial charge in [0.25, 0.3) is 5.91 Å². The van der Waals surface area contributed by atoms with Crippen LogP contribution in [-0.4, -0.2) is 38.0 Å². The summed E-state index contributed by atoms with van der Waals surface area (Å²) in [5, 5.41) is 0. The van der Waals surface area contributed by atoms with Crippen LogP contribution in [0.25, 0.3) is 0 Å². The Hall–Kier alpha value is -1.71. The molecule has 116 valence electrons. The van der Waals surface area contributed by atoms with E-state index in [1.54, 1.807) is 6.07 Å². The van der Waals surface area contributed by atoms with Gasteiger partial charge in [-0.15, -0.1) is 0 Å². The largest absolute Gasteiger partial charge is 0.397 e. The molecule has 0 bridgehead atoms. The number of benzene rings is 1. The Morgan fingerprint density at radius 3 is 2.48 bits per heavy atom. The van der Waals surface area contributed by atoms with Crippen molar-refractivity contribution in [3.05, 3.63) is 23.8 Å². The standard InChI is InChI=1S/C17H27N3O/c1-5-17(6-2)9-10-20(12-17)16(21)13-7-8-15(19(3)4)14(18)11-13/h7-8,11H,5-6,9-10,12,18H2,1-4H3. The van der Waals surface area contributed by atoms with Gasteiger partial charge < -0.3 is 15.5 Å². The number of hydrogen-bond acceptors (Lipinski definition) is 3. The van der Waals surface area contributed by atoms with Gasteiger partial charge in [-0.3, -0.25) is 4.79 Å². The molecule has 1 heterocycles. The van der Waals surface area contributed by atoms with Gasteiger partial charge in [-0.2, -0.15) is 0 Å². The summed E-state index contributed by atoms with van der Waals surface area (Å²) in [5.74, 6) is 0.107. The highest BCUT2D eigenvalue weighted by atomic mass is 16.2. The maximum atomic E-state index is 12.7. The summed E-state index contributed by atoms with van der Waals surface area (Å²) in [4.78, 5) is 16.6. The van der Waals surface area contributed by atoms with Crippen molar-refractivity contribution < 1.29 is 4.79 Å². The van der Waals surface area contributed by atoms with Crippen molar-refractivity contribution in [1.29, 1.82) is 0 Å². The summed E-state index contributed by atoms with van der Waals surface area (Å²) < 4.78 is 0. The Morgan fingerprint density at radius 2 is 2.00 bits per heavy atom. The van der Waals surface area contributed by atoms with E-state index in [0.717, 1.165) is 38.0 Å². The first-order chi connectivity index (χ1) is 9.92. The predicted molar refractivity (Wildman–Crippen MR) is 88.7 cm³/mol. The summed E-state index contributed by atoms with van der Waals surface area (Å²) >= 11 is 0. The van der Waals surface area contributed by atoms with E-state index in [4.69, 9.17) is 5.73 Å². The summed E-state index contributed by atoms with van der Waals surface area (Å²) in [6, 6.07) is 5.60. The number of hydrogen-bond donors (Lipinski definition) is 1. The van der Waals surface area contributed by atoms with E-state index in [1.807, 2.05) is 36.0 Å². The molecule has 1 aromatic rings. The lowest BCUT2D eigenvalue weighted by molar-refractivity contribution is 0.0770. The highest BCUT2D eigenvalue weighted by molar-refractivity contribution is 5.96.